The van der Waals surface area contributed by atoms with Crippen LogP contribution < -0.4 is 0 Å². The van der Waals surface area contributed by atoms with Crippen LogP contribution in [0, 0.1) is 6.92 Å². The van der Waals surface area contributed by atoms with Crippen LogP contribution in [0.25, 0.3) is 0 Å². The molecule has 0 bridgehead atoms. The number of halogens is 1. The third-order valence-electron chi connectivity index (χ3n) is 1.95. The van der Waals surface area contributed by atoms with Crippen molar-refractivity contribution < 1.29 is 9.59 Å². The monoisotopic (exact) mass is 210 g/mol. The van der Waals surface area contributed by atoms with Crippen LogP contribution in [-0.2, 0) is 9.59 Å². The molecule has 0 saturated heterocycles. The highest BCUT2D eigenvalue weighted by Crippen LogP contribution is 2.21. The van der Waals surface area contributed by atoms with E-state index in [0.717, 1.165) is 5.56 Å². The van der Waals surface area contributed by atoms with Crippen molar-refractivity contribution in [1.29, 1.82) is 0 Å². The smallest absolute Gasteiger partial charge is 0.220 e. The maximum Gasteiger partial charge on any atom is 0.220 e. The van der Waals surface area contributed by atoms with Gasteiger partial charge in [-0.05, 0) is 12.5 Å². The molecule has 14 heavy (non-hydrogen) atoms. The summed E-state index contributed by atoms with van der Waals surface area (Å²) in [6, 6.07) is 7.23. The Kier molecular flexibility index (Phi) is 3.42. The fourth-order valence-corrected chi connectivity index (χ4v) is 1.36. The van der Waals surface area contributed by atoms with Gasteiger partial charge in [-0.15, -0.1) is 11.6 Å². The van der Waals surface area contributed by atoms with Crippen molar-refractivity contribution in [3.8, 4) is 0 Å². The molecule has 0 spiro atoms. The van der Waals surface area contributed by atoms with Crippen molar-refractivity contribution in [3.05, 3.63) is 35.4 Å². The molecular formula is C11H11ClO2. The molecule has 1 atom stereocenters. The summed E-state index contributed by atoms with van der Waals surface area (Å²) in [4.78, 5) is 22.0. The number of rotatable bonds is 3. The van der Waals surface area contributed by atoms with Crippen LogP contribution in [0.2, 0.25) is 0 Å². The van der Waals surface area contributed by atoms with E-state index >= 15 is 0 Å². The molecular weight excluding hydrogens is 200 g/mol. The zero-order chi connectivity index (χ0) is 10.7. The number of carbonyl (C=O) groups excluding carboxylic acids is 2. The average Bonchev–Trinajstić information content (AvgIpc) is 2.16. The number of benzene rings is 1. The molecule has 0 aromatic heterocycles. The van der Waals surface area contributed by atoms with Gasteiger partial charge >= 0.3 is 0 Å². The Bertz CT molecular complexity index is 354. The first-order valence-corrected chi connectivity index (χ1v) is 4.71. The Morgan fingerprint density at radius 2 is 1.71 bits per heavy atom. The van der Waals surface area contributed by atoms with Gasteiger partial charge in [-0.25, -0.2) is 0 Å². The van der Waals surface area contributed by atoms with Crippen molar-refractivity contribution in [2.24, 2.45) is 0 Å². The highest BCUT2D eigenvalue weighted by Gasteiger charge is 2.20. The summed E-state index contributed by atoms with van der Waals surface area (Å²) in [5.74, 6) is -1.07. The van der Waals surface area contributed by atoms with Crippen molar-refractivity contribution in [1.82, 2.24) is 0 Å². The summed E-state index contributed by atoms with van der Waals surface area (Å²) in [6.45, 7) is 3.17. The highest BCUT2D eigenvalue weighted by molar-refractivity contribution is 6.48. The number of alkyl halides is 1. The van der Waals surface area contributed by atoms with Crippen molar-refractivity contribution in [2.45, 2.75) is 19.2 Å². The summed E-state index contributed by atoms with van der Waals surface area (Å²) in [5.41, 5.74) is 1.75. The topological polar surface area (TPSA) is 34.1 Å². The molecule has 0 aliphatic rings. The fraction of sp³-hybridized carbons (Fsp3) is 0.273. The molecule has 1 unspecified atom stereocenters. The summed E-state index contributed by atoms with van der Waals surface area (Å²) < 4.78 is 0. The second kappa shape index (κ2) is 4.38. The fourth-order valence-electron chi connectivity index (χ4n) is 1.07. The second-order valence-electron chi connectivity index (χ2n) is 3.19. The number of hydrogen-bond acceptors (Lipinski definition) is 2. The molecule has 1 aromatic carbocycles. The van der Waals surface area contributed by atoms with Crippen molar-refractivity contribution >= 4 is 23.2 Å². The Labute approximate surface area is 87.9 Å². The summed E-state index contributed by atoms with van der Waals surface area (Å²) in [5, 5.41) is -0.854. The standard InChI is InChI=1S/C11H11ClO2/c1-7-3-5-9(6-4-7)10(12)11(14)8(2)13/h3-6,10H,1-2H3. The number of aryl methyl sites for hydroxylation is 1. The molecule has 0 radical (unpaired) electrons. The first-order valence-electron chi connectivity index (χ1n) is 4.28. The quantitative estimate of drug-likeness (QED) is 0.567. The van der Waals surface area contributed by atoms with Crippen LogP contribution in [0.4, 0.5) is 0 Å². The van der Waals surface area contributed by atoms with Gasteiger partial charge in [0.05, 0.1) is 0 Å². The maximum absolute atomic E-state index is 11.2. The van der Waals surface area contributed by atoms with E-state index in [9.17, 15) is 9.59 Å². The molecule has 0 heterocycles. The third kappa shape index (κ3) is 2.42. The van der Waals surface area contributed by atoms with E-state index in [1.54, 1.807) is 12.1 Å². The van der Waals surface area contributed by atoms with E-state index in [0.29, 0.717) is 5.56 Å². The van der Waals surface area contributed by atoms with Gasteiger partial charge in [0, 0.05) is 6.92 Å². The summed E-state index contributed by atoms with van der Waals surface area (Å²) in [7, 11) is 0. The molecule has 1 aromatic rings. The van der Waals surface area contributed by atoms with E-state index in [1.165, 1.54) is 6.92 Å². The SMILES string of the molecule is CC(=O)C(=O)C(Cl)c1ccc(C)cc1. The first kappa shape index (κ1) is 10.9. The second-order valence-corrected chi connectivity index (χ2v) is 3.63. The van der Waals surface area contributed by atoms with Gasteiger partial charge in [0.25, 0.3) is 0 Å². The number of Topliss-reactive ketones (excluding diaryl/α,β-unsaturated/α-hetero) is 2. The van der Waals surface area contributed by atoms with Gasteiger partial charge in [-0.3, -0.25) is 9.59 Å². The summed E-state index contributed by atoms with van der Waals surface area (Å²) >= 11 is 5.83. The van der Waals surface area contributed by atoms with Gasteiger partial charge in [0.1, 0.15) is 5.38 Å². The number of carbonyl (C=O) groups is 2. The molecule has 0 aliphatic carbocycles. The first-order chi connectivity index (χ1) is 6.52. The molecule has 2 nitrogen and oxygen atoms in total. The van der Waals surface area contributed by atoms with Crippen LogP contribution >= 0.6 is 11.6 Å². The Morgan fingerprint density at radius 3 is 2.14 bits per heavy atom. The lowest BCUT2D eigenvalue weighted by Gasteiger charge is -2.06. The van der Waals surface area contributed by atoms with Crippen LogP contribution in [0.3, 0.4) is 0 Å². The lowest BCUT2D eigenvalue weighted by Crippen LogP contribution is -2.15. The van der Waals surface area contributed by atoms with Gasteiger partial charge in [0.2, 0.25) is 5.78 Å². The number of hydrogen-bond donors (Lipinski definition) is 0. The predicted molar refractivity (Wildman–Crippen MR) is 55.5 cm³/mol. The van der Waals surface area contributed by atoms with Crippen LogP contribution in [-0.4, -0.2) is 11.6 Å². The van der Waals surface area contributed by atoms with E-state index in [2.05, 4.69) is 0 Å². The Morgan fingerprint density at radius 1 is 1.21 bits per heavy atom. The van der Waals surface area contributed by atoms with Crippen LogP contribution in [0.1, 0.15) is 23.4 Å². The molecule has 0 N–H and O–H groups in total. The van der Waals surface area contributed by atoms with Crippen LogP contribution in [0.15, 0.2) is 24.3 Å². The predicted octanol–water partition coefficient (Wildman–Crippen LogP) is 2.43. The van der Waals surface area contributed by atoms with E-state index in [4.69, 9.17) is 11.6 Å². The average molecular weight is 211 g/mol. The third-order valence-corrected chi connectivity index (χ3v) is 2.40. The lowest BCUT2D eigenvalue weighted by molar-refractivity contribution is -0.135. The minimum atomic E-state index is -0.854. The molecule has 0 fully saturated rings. The maximum atomic E-state index is 11.2. The van der Waals surface area contributed by atoms with Gasteiger partial charge in [0.15, 0.2) is 5.78 Å². The zero-order valence-electron chi connectivity index (χ0n) is 8.08. The van der Waals surface area contributed by atoms with E-state index < -0.39 is 16.9 Å². The van der Waals surface area contributed by atoms with Crippen molar-refractivity contribution in [3.63, 3.8) is 0 Å². The minimum Gasteiger partial charge on any atom is -0.291 e. The molecule has 1 rings (SSSR count). The Hall–Kier alpha value is -1.15. The Balaban J connectivity index is 2.89. The molecule has 3 heteroatoms. The van der Waals surface area contributed by atoms with Gasteiger partial charge < -0.3 is 0 Å². The normalized spacial score (nSPS) is 12.2. The summed E-state index contributed by atoms with van der Waals surface area (Å²) in [6.07, 6.45) is 0. The molecule has 0 saturated carbocycles. The van der Waals surface area contributed by atoms with Crippen LogP contribution in [0.5, 0.6) is 0 Å². The lowest BCUT2D eigenvalue weighted by atomic mass is 10.1. The highest BCUT2D eigenvalue weighted by atomic mass is 35.5. The van der Waals surface area contributed by atoms with Gasteiger partial charge in [-0.1, -0.05) is 29.8 Å². The largest absolute Gasteiger partial charge is 0.291 e. The zero-order valence-corrected chi connectivity index (χ0v) is 8.84. The molecule has 0 amide bonds. The van der Waals surface area contributed by atoms with Crippen molar-refractivity contribution in [2.75, 3.05) is 0 Å². The molecule has 74 valence electrons. The van der Waals surface area contributed by atoms with Gasteiger partial charge in [-0.2, -0.15) is 0 Å². The van der Waals surface area contributed by atoms with E-state index in [1.807, 2.05) is 19.1 Å². The number of ketones is 2. The van der Waals surface area contributed by atoms with E-state index in [-0.39, 0.29) is 0 Å². The molecule has 0 aliphatic heterocycles. The minimum absolute atomic E-state index is 0.509.